The quantitative estimate of drug-likeness (QED) is 0.110. The Morgan fingerprint density at radius 1 is 1.07 bits per heavy atom. The molecule has 0 saturated heterocycles. The Balaban J connectivity index is 0.00000129. The summed E-state index contributed by atoms with van der Waals surface area (Å²) in [5, 5.41) is 0. The van der Waals surface area contributed by atoms with Crippen molar-refractivity contribution in [2.75, 3.05) is 6.61 Å². The summed E-state index contributed by atoms with van der Waals surface area (Å²) in [4.78, 5) is 11.2. The molecule has 0 bridgehead atoms. The van der Waals surface area contributed by atoms with Gasteiger partial charge in [-0.15, -0.1) is 0 Å². The second-order valence-electron chi connectivity index (χ2n) is 6.78. The van der Waals surface area contributed by atoms with Gasteiger partial charge in [-0.25, -0.2) is 13.9 Å². The fourth-order valence-electron chi connectivity index (χ4n) is 2.44. The van der Waals surface area contributed by atoms with Crippen molar-refractivity contribution in [2.24, 2.45) is 0 Å². The lowest BCUT2D eigenvalue weighted by Gasteiger charge is -2.04. The number of hydrogen-bond acceptors (Lipinski definition) is 2. The smallest absolute Gasteiger partial charge is 0.462 e. The van der Waals surface area contributed by atoms with E-state index in [1.807, 2.05) is 0 Å². The molecule has 1 aromatic heterocycles. The van der Waals surface area contributed by atoms with E-state index < -0.39 is 7.25 Å². The second-order valence-corrected chi connectivity index (χ2v) is 6.78. The molecule has 0 fully saturated rings. The molecule has 0 aliphatic carbocycles. The number of imidazole rings is 1. The number of ether oxygens (including phenoxy) is 1. The van der Waals surface area contributed by atoms with Crippen LogP contribution in [0.4, 0.5) is 17.3 Å². The molecule has 0 aliphatic rings. The van der Waals surface area contributed by atoms with Crippen LogP contribution in [0.5, 0.6) is 0 Å². The minimum atomic E-state index is -6.00. The maximum absolute atomic E-state index is 11.2. The lowest BCUT2D eigenvalue weighted by atomic mass is 10.1. The summed E-state index contributed by atoms with van der Waals surface area (Å²) in [6.45, 7) is 10.2. The number of hydrogen-bond donors (Lipinski definition) is 0. The van der Waals surface area contributed by atoms with Crippen LogP contribution in [0.25, 0.3) is 0 Å². The molecule has 0 spiro atoms. The molecule has 0 unspecified atom stereocenters. The zero-order chi connectivity index (χ0) is 21.4. The molecule has 0 radical (unpaired) electrons. The number of rotatable bonds is 13. The molecular weight excluding hydrogens is 375 g/mol. The number of halogens is 4. The Morgan fingerprint density at radius 2 is 1.64 bits per heavy atom. The van der Waals surface area contributed by atoms with Gasteiger partial charge >= 0.3 is 13.2 Å². The largest absolute Gasteiger partial charge is 0.673 e. The summed E-state index contributed by atoms with van der Waals surface area (Å²) >= 11 is 0. The molecule has 0 atom stereocenters. The van der Waals surface area contributed by atoms with E-state index in [9.17, 15) is 22.1 Å². The lowest BCUT2D eigenvalue weighted by Crippen LogP contribution is -2.30. The van der Waals surface area contributed by atoms with E-state index in [0.29, 0.717) is 12.2 Å². The van der Waals surface area contributed by atoms with Crippen LogP contribution >= 0.6 is 0 Å². The molecule has 1 heterocycles. The van der Waals surface area contributed by atoms with Crippen molar-refractivity contribution >= 4 is 13.2 Å². The highest BCUT2D eigenvalue weighted by Crippen LogP contribution is 2.07. The standard InChI is InChI=1S/C19H33N2O2.BF4/c1-4-5-12-20-14-15-21(17-20)13-10-8-6-7-9-11-16-23-19(22)18(2)3;2-1(3,4)5/h14-15,17H,2,4-13,16H2,1,3H3;/q+1;-1. The Bertz CT molecular complexity index is 556. The van der Waals surface area contributed by atoms with Gasteiger partial charge in [0.25, 0.3) is 0 Å². The number of esters is 1. The van der Waals surface area contributed by atoms with E-state index in [1.165, 1.54) is 38.5 Å². The summed E-state index contributed by atoms with van der Waals surface area (Å²) in [7, 11) is -6.00. The molecule has 0 aromatic carbocycles. The van der Waals surface area contributed by atoms with Crippen LogP contribution in [-0.2, 0) is 22.6 Å². The molecule has 4 nitrogen and oxygen atoms in total. The normalized spacial score (nSPS) is 10.9. The molecule has 1 rings (SSSR count). The van der Waals surface area contributed by atoms with Crippen molar-refractivity contribution in [3.63, 3.8) is 0 Å². The fourth-order valence-corrected chi connectivity index (χ4v) is 2.44. The highest BCUT2D eigenvalue weighted by molar-refractivity contribution is 6.50. The summed E-state index contributed by atoms with van der Waals surface area (Å²) in [6, 6.07) is 0. The van der Waals surface area contributed by atoms with Gasteiger partial charge in [-0.2, -0.15) is 0 Å². The molecule has 0 N–H and O–H groups in total. The lowest BCUT2D eigenvalue weighted by molar-refractivity contribution is -0.696. The van der Waals surface area contributed by atoms with Crippen LogP contribution in [0.15, 0.2) is 30.9 Å². The van der Waals surface area contributed by atoms with Crippen LogP contribution in [-0.4, -0.2) is 24.4 Å². The van der Waals surface area contributed by atoms with Crippen molar-refractivity contribution in [3.05, 3.63) is 30.9 Å². The van der Waals surface area contributed by atoms with Gasteiger partial charge in [-0.1, -0.05) is 39.2 Å². The second kappa shape index (κ2) is 15.2. The highest BCUT2D eigenvalue weighted by Gasteiger charge is 2.20. The molecule has 9 heteroatoms. The maximum atomic E-state index is 11.2. The van der Waals surface area contributed by atoms with Gasteiger partial charge < -0.3 is 22.0 Å². The topological polar surface area (TPSA) is 35.1 Å². The predicted octanol–water partition coefficient (Wildman–Crippen LogP) is 5.34. The van der Waals surface area contributed by atoms with Gasteiger partial charge in [-0.05, 0) is 32.6 Å². The molecule has 162 valence electrons. The van der Waals surface area contributed by atoms with Gasteiger partial charge in [0.05, 0.1) is 19.7 Å². The van der Waals surface area contributed by atoms with Crippen molar-refractivity contribution in [2.45, 2.75) is 78.3 Å². The zero-order valence-corrected chi connectivity index (χ0v) is 17.0. The predicted molar refractivity (Wildman–Crippen MR) is 103 cm³/mol. The van der Waals surface area contributed by atoms with E-state index >= 15 is 0 Å². The van der Waals surface area contributed by atoms with Crippen LogP contribution in [0.2, 0.25) is 0 Å². The van der Waals surface area contributed by atoms with Crippen LogP contribution in [0, 0.1) is 0 Å². The molecule has 0 saturated carbocycles. The van der Waals surface area contributed by atoms with E-state index in [-0.39, 0.29) is 5.97 Å². The van der Waals surface area contributed by atoms with Gasteiger partial charge in [-0.3, -0.25) is 0 Å². The van der Waals surface area contributed by atoms with Crippen molar-refractivity contribution in [1.29, 1.82) is 0 Å². The fraction of sp³-hybridized carbons (Fsp3) is 0.684. The first kappa shape index (κ1) is 26.2. The molecular formula is C19H33BF4N2O2. The first-order valence-electron chi connectivity index (χ1n) is 9.88. The average molecular weight is 408 g/mol. The summed E-state index contributed by atoms with van der Waals surface area (Å²) in [5.41, 5.74) is 0.478. The molecule has 0 aliphatic heterocycles. The van der Waals surface area contributed by atoms with E-state index in [2.05, 4.69) is 41.4 Å². The minimum Gasteiger partial charge on any atom is -0.462 e. The summed E-state index contributed by atoms with van der Waals surface area (Å²) in [6.07, 6.45) is 16.1. The third-order valence-corrected chi connectivity index (χ3v) is 3.91. The monoisotopic (exact) mass is 408 g/mol. The number of aromatic nitrogens is 2. The van der Waals surface area contributed by atoms with Gasteiger partial charge in [0.15, 0.2) is 0 Å². The van der Waals surface area contributed by atoms with E-state index in [0.717, 1.165) is 25.9 Å². The third-order valence-electron chi connectivity index (χ3n) is 3.91. The van der Waals surface area contributed by atoms with Crippen molar-refractivity contribution in [3.8, 4) is 0 Å². The SMILES string of the molecule is C=C(C)C(=O)OCCCCCCCC[n+]1ccn(CCCC)c1.F[B-](F)(F)F. The Hall–Kier alpha value is -1.80. The zero-order valence-electron chi connectivity index (χ0n) is 17.0. The van der Waals surface area contributed by atoms with Gasteiger partial charge in [0, 0.05) is 5.57 Å². The van der Waals surface area contributed by atoms with Crippen LogP contribution in [0.1, 0.15) is 65.2 Å². The number of nitrogens with zero attached hydrogens (tertiary/aromatic N) is 2. The maximum Gasteiger partial charge on any atom is 0.673 e. The number of aryl methyl sites for hydroxylation is 2. The Morgan fingerprint density at radius 3 is 2.21 bits per heavy atom. The van der Waals surface area contributed by atoms with Crippen LogP contribution < -0.4 is 4.57 Å². The highest BCUT2D eigenvalue weighted by atomic mass is 19.5. The Kier molecular flexibility index (Phi) is 14.2. The minimum absolute atomic E-state index is 0.270. The third kappa shape index (κ3) is 17.6. The van der Waals surface area contributed by atoms with Crippen LogP contribution in [0.3, 0.4) is 0 Å². The summed E-state index contributed by atoms with van der Waals surface area (Å²) < 4.78 is 48.6. The van der Waals surface area contributed by atoms with E-state index in [1.54, 1.807) is 6.92 Å². The van der Waals surface area contributed by atoms with Gasteiger partial charge in [0.1, 0.15) is 12.4 Å². The van der Waals surface area contributed by atoms with Crippen molar-refractivity contribution < 1.29 is 31.4 Å². The molecule has 1 aromatic rings. The van der Waals surface area contributed by atoms with Gasteiger partial charge in [0.2, 0.25) is 6.33 Å². The van der Waals surface area contributed by atoms with Crippen molar-refractivity contribution in [1.82, 2.24) is 4.57 Å². The Labute approximate surface area is 165 Å². The number of unbranched alkanes of at least 4 members (excludes halogenated alkanes) is 6. The van der Waals surface area contributed by atoms with E-state index in [4.69, 9.17) is 4.74 Å². The average Bonchev–Trinajstić information content (AvgIpc) is 3.04. The first-order valence-corrected chi connectivity index (χ1v) is 9.88. The molecule has 28 heavy (non-hydrogen) atoms. The number of carbonyl (C=O) groups is 1. The first-order chi connectivity index (χ1) is 13.1. The summed E-state index contributed by atoms with van der Waals surface area (Å²) in [5.74, 6) is -0.270. The molecule has 0 amide bonds. The number of carbonyl (C=O) groups excluding carboxylic acids is 1.